The Labute approximate surface area is 123 Å². The van der Waals surface area contributed by atoms with E-state index in [0.29, 0.717) is 36.7 Å². The highest BCUT2D eigenvalue weighted by Gasteiger charge is 2.33. The van der Waals surface area contributed by atoms with Crippen molar-refractivity contribution in [2.75, 3.05) is 20.8 Å². The minimum atomic E-state index is -0.385. The summed E-state index contributed by atoms with van der Waals surface area (Å²) in [6, 6.07) is 3.57. The zero-order valence-corrected chi connectivity index (χ0v) is 12.4. The Bertz CT molecular complexity index is 567. The molecule has 0 aromatic heterocycles. The normalized spacial score (nSPS) is 19.0. The molecule has 0 aliphatic heterocycles. The number of carbonyl (C=O) groups excluding carboxylic acids is 1. The number of rotatable bonds is 4. The largest absolute Gasteiger partial charge is 0.493 e. The molecule has 0 saturated heterocycles. The van der Waals surface area contributed by atoms with E-state index in [4.69, 9.17) is 14.2 Å². The molecule has 114 valence electrons. The number of oxime groups is 1. The minimum Gasteiger partial charge on any atom is -0.493 e. The maximum Gasteiger partial charge on any atom is 0.309 e. The first-order valence-electron chi connectivity index (χ1n) is 6.78. The van der Waals surface area contributed by atoms with Gasteiger partial charge in [0.2, 0.25) is 0 Å². The fourth-order valence-electron chi connectivity index (χ4n) is 2.65. The van der Waals surface area contributed by atoms with Crippen LogP contribution in [0, 0.1) is 5.92 Å². The van der Waals surface area contributed by atoms with Crippen molar-refractivity contribution in [2.24, 2.45) is 11.1 Å². The molecule has 1 aliphatic carbocycles. The Morgan fingerprint density at radius 2 is 2.10 bits per heavy atom. The van der Waals surface area contributed by atoms with E-state index >= 15 is 0 Å². The summed E-state index contributed by atoms with van der Waals surface area (Å²) in [6.45, 7) is 2.09. The van der Waals surface area contributed by atoms with Crippen LogP contribution in [-0.2, 0) is 16.0 Å². The number of hydrogen-bond donors (Lipinski definition) is 1. The van der Waals surface area contributed by atoms with Crippen LogP contribution in [0.4, 0.5) is 0 Å². The lowest BCUT2D eigenvalue weighted by atomic mass is 9.82. The van der Waals surface area contributed by atoms with Gasteiger partial charge >= 0.3 is 5.97 Å². The molecule has 6 nitrogen and oxygen atoms in total. The lowest BCUT2D eigenvalue weighted by Crippen LogP contribution is -2.29. The fourth-order valence-corrected chi connectivity index (χ4v) is 2.65. The Balaban J connectivity index is 2.47. The van der Waals surface area contributed by atoms with E-state index in [0.717, 1.165) is 11.1 Å². The van der Waals surface area contributed by atoms with Crippen LogP contribution in [0.5, 0.6) is 11.5 Å². The first kappa shape index (κ1) is 15.2. The van der Waals surface area contributed by atoms with Crippen molar-refractivity contribution in [2.45, 2.75) is 19.8 Å². The van der Waals surface area contributed by atoms with E-state index < -0.39 is 0 Å². The van der Waals surface area contributed by atoms with Crippen molar-refractivity contribution in [1.29, 1.82) is 0 Å². The van der Waals surface area contributed by atoms with Crippen LogP contribution in [0.3, 0.4) is 0 Å². The predicted molar refractivity (Wildman–Crippen MR) is 76.3 cm³/mol. The zero-order valence-electron chi connectivity index (χ0n) is 12.4. The molecular formula is C15H19NO5. The van der Waals surface area contributed by atoms with Crippen molar-refractivity contribution >= 4 is 11.7 Å². The van der Waals surface area contributed by atoms with Gasteiger partial charge in [0.1, 0.15) is 0 Å². The first-order chi connectivity index (χ1) is 10.2. The van der Waals surface area contributed by atoms with Gasteiger partial charge in [-0.15, -0.1) is 0 Å². The number of benzene rings is 1. The molecule has 6 heteroatoms. The second-order valence-electron chi connectivity index (χ2n) is 4.73. The van der Waals surface area contributed by atoms with Gasteiger partial charge in [-0.2, -0.15) is 0 Å². The van der Waals surface area contributed by atoms with Crippen LogP contribution in [0.1, 0.15) is 24.5 Å². The van der Waals surface area contributed by atoms with Crippen molar-refractivity contribution < 1.29 is 24.2 Å². The zero-order chi connectivity index (χ0) is 15.4. The molecule has 1 atom stereocenters. The van der Waals surface area contributed by atoms with Gasteiger partial charge in [-0.3, -0.25) is 4.79 Å². The summed E-state index contributed by atoms with van der Waals surface area (Å²) in [5.41, 5.74) is 2.03. The van der Waals surface area contributed by atoms with Gasteiger partial charge in [0, 0.05) is 17.5 Å². The van der Waals surface area contributed by atoms with Crippen LogP contribution >= 0.6 is 0 Å². The predicted octanol–water partition coefficient (Wildman–Crippen LogP) is 2.01. The number of esters is 1. The molecule has 21 heavy (non-hydrogen) atoms. The minimum absolute atomic E-state index is 0.297. The van der Waals surface area contributed by atoms with Crippen molar-refractivity contribution in [3.05, 3.63) is 23.3 Å². The number of carbonyl (C=O) groups is 1. The third kappa shape index (κ3) is 2.79. The molecule has 0 saturated carbocycles. The molecule has 1 aromatic rings. The molecule has 0 bridgehead atoms. The van der Waals surface area contributed by atoms with Gasteiger partial charge in [0.15, 0.2) is 11.5 Å². The van der Waals surface area contributed by atoms with Crippen molar-refractivity contribution in [3.63, 3.8) is 0 Å². The Kier molecular flexibility index (Phi) is 4.67. The topological polar surface area (TPSA) is 77.4 Å². The monoisotopic (exact) mass is 293 g/mol. The van der Waals surface area contributed by atoms with Crippen LogP contribution < -0.4 is 9.47 Å². The van der Waals surface area contributed by atoms with Crippen LogP contribution in [-0.4, -0.2) is 37.7 Å². The van der Waals surface area contributed by atoms with Crippen LogP contribution in [0.25, 0.3) is 0 Å². The van der Waals surface area contributed by atoms with E-state index in [2.05, 4.69) is 5.16 Å². The molecule has 1 aromatic carbocycles. The second kappa shape index (κ2) is 6.47. The van der Waals surface area contributed by atoms with E-state index in [1.165, 1.54) is 0 Å². The second-order valence-corrected chi connectivity index (χ2v) is 4.73. The highest BCUT2D eigenvalue weighted by atomic mass is 16.5. The number of methoxy groups -OCH3 is 2. The first-order valence-corrected chi connectivity index (χ1v) is 6.78. The standard InChI is InChI=1S/C15H19NO5/c1-4-21-15(17)9-7-11-10(12(8-9)16-18)5-6-13(19-2)14(11)20-3/h5-6,9,18H,4,7-8H2,1-3H3/b16-12+. The highest BCUT2D eigenvalue weighted by Crippen LogP contribution is 2.39. The number of ether oxygens (including phenoxy) is 3. The molecule has 2 rings (SSSR count). The summed E-state index contributed by atoms with van der Waals surface area (Å²) in [6.07, 6.45) is 0.811. The summed E-state index contributed by atoms with van der Waals surface area (Å²) in [5.74, 6) is 0.460. The van der Waals surface area contributed by atoms with Gasteiger partial charge < -0.3 is 19.4 Å². The SMILES string of the molecule is CCOC(=O)C1C/C(=N\O)c2ccc(OC)c(OC)c2C1. The van der Waals surface area contributed by atoms with E-state index in [9.17, 15) is 10.0 Å². The molecule has 0 heterocycles. The lowest BCUT2D eigenvalue weighted by Gasteiger charge is -2.26. The highest BCUT2D eigenvalue weighted by molar-refractivity contribution is 6.05. The summed E-state index contributed by atoms with van der Waals surface area (Å²) in [5, 5.41) is 12.5. The number of hydrogen-bond acceptors (Lipinski definition) is 6. The lowest BCUT2D eigenvalue weighted by molar-refractivity contribution is -0.147. The van der Waals surface area contributed by atoms with E-state index in [-0.39, 0.29) is 11.9 Å². The van der Waals surface area contributed by atoms with Gasteiger partial charge in [-0.25, -0.2) is 0 Å². The average molecular weight is 293 g/mol. The van der Waals surface area contributed by atoms with Crippen LogP contribution in [0.2, 0.25) is 0 Å². The maximum absolute atomic E-state index is 12.0. The third-order valence-electron chi connectivity index (χ3n) is 3.59. The molecule has 1 N–H and O–H groups in total. The summed E-state index contributed by atoms with van der Waals surface area (Å²) >= 11 is 0. The molecule has 0 radical (unpaired) electrons. The number of nitrogens with zero attached hydrogens (tertiary/aromatic N) is 1. The Morgan fingerprint density at radius 1 is 1.33 bits per heavy atom. The van der Waals surface area contributed by atoms with Crippen molar-refractivity contribution in [3.8, 4) is 11.5 Å². The molecule has 0 amide bonds. The van der Waals surface area contributed by atoms with Gasteiger partial charge in [0.25, 0.3) is 0 Å². The third-order valence-corrected chi connectivity index (χ3v) is 3.59. The molecule has 0 fully saturated rings. The van der Waals surface area contributed by atoms with E-state index in [1.54, 1.807) is 27.2 Å². The molecule has 0 spiro atoms. The van der Waals surface area contributed by atoms with Gasteiger partial charge in [-0.05, 0) is 25.5 Å². The summed E-state index contributed by atoms with van der Waals surface area (Å²) < 4.78 is 15.7. The average Bonchev–Trinajstić information content (AvgIpc) is 2.52. The molecular weight excluding hydrogens is 274 g/mol. The van der Waals surface area contributed by atoms with Gasteiger partial charge in [0.05, 0.1) is 32.5 Å². The summed E-state index contributed by atoms with van der Waals surface area (Å²) in [4.78, 5) is 12.0. The molecule has 1 unspecified atom stereocenters. The Morgan fingerprint density at radius 3 is 2.67 bits per heavy atom. The van der Waals surface area contributed by atoms with Crippen molar-refractivity contribution in [1.82, 2.24) is 0 Å². The smallest absolute Gasteiger partial charge is 0.309 e. The van der Waals surface area contributed by atoms with Crippen LogP contribution in [0.15, 0.2) is 17.3 Å². The van der Waals surface area contributed by atoms with Gasteiger partial charge in [-0.1, -0.05) is 5.16 Å². The summed E-state index contributed by atoms with van der Waals surface area (Å²) in [7, 11) is 3.10. The Hall–Kier alpha value is -2.24. The fraction of sp³-hybridized carbons (Fsp3) is 0.467. The van der Waals surface area contributed by atoms with E-state index in [1.807, 2.05) is 6.07 Å². The molecule has 1 aliphatic rings. The number of fused-ring (bicyclic) bond motifs is 1. The quantitative estimate of drug-likeness (QED) is 0.522. The maximum atomic E-state index is 12.0.